The van der Waals surface area contributed by atoms with Gasteiger partial charge in [-0.15, -0.1) is 0 Å². The van der Waals surface area contributed by atoms with Crippen molar-refractivity contribution < 1.29 is 37.0 Å². The molecule has 45 heavy (non-hydrogen) atoms. The Hall–Kier alpha value is -4.04. The Morgan fingerprint density at radius 1 is 1.09 bits per heavy atom. The van der Waals surface area contributed by atoms with Crippen LogP contribution in [-0.2, 0) is 25.9 Å². The Balaban J connectivity index is 1.51. The molecule has 1 saturated heterocycles. The van der Waals surface area contributed by atoms with E-state index in [1.807, 2.05) is 44.2 Å². The summed E-state index contributed by atoms with van der Waals surface area (Å²) in [6, 6.07) is 17.2. The molecule has 0 aromatic heterocycles. The molecule has 1 heterocycles. The molecule has 0 saturated carbocycles. The lowest BCUT2D eigenvalue weighted by Crippen LogP contribution is -2.51. The van der Waals surface area contributed by atoms with Crippen LogP contribution in [0, 0.1) is 11.7 Å². The van der Waals surface area contributed by atoms with E-state index >= 15 is 0 Å². The van der Waals surface area contributed by atoms with E-state index in [9.17, 15) is 27.5 Å². The highest BCUT2D eigenvalue weighted by Crippen LogP contribution is 2.23. The van der Waals surface area contributed by atoms with Crippen molar-refractivity contribution >= 4 is 33.4 Å². The Labute approximate surface area is 262 Å². The normalized spacial score (nSPS) is 16.4. The molecule has 13 heteroatoms. The van der Waals surface area contributed by atoms with Crippen LogP contribution < -0.4 is 16.4 Å². The molecular formula is C32H39FN4O7S. The van der Waals surface area contributed by atoms with E-state index in [-0.39, 0.29) is 47.3 Å². The number of nitrogens with zero attached hydrogens (tertiary/aromatic N) is 1. The number of nitrogen functional groups attached to an aromatic ring is 1. The fraction of sp³-hybridized carbons (Fsp3) is 0.375. The van der Waals surface area contributed by atoms with E-state index in [1.54, 1.807) is 0 Å². The summed E-state index contributed by atoms with van der Waals surface area (Å²) in [5, 5.41) is 16.7. The van der Waals surface area contributed by atoms with Crippen LogP contribution in [0.2, 0.25) is 0 Å². The number of hydrogen-bond acceptors (Lipinski definition) is 8. The highest BCUT2D eigenvalue weighted by molar-refractivity contribution is 7.89. The van der Waals surface area contributed by atoms with Gasteiger partial charge in [0.2, 0.25) is 10.0 Å². The zero-order valence-corrected chi connectivity index (χ0v) is 26.0. The Bertz CT molecular complexity index is 1550. The van der Waals surface area contributed by atoms with Crippen LogP contribution in [0.5, 0.6) is 0 Å². The van der Waals surface area contributed by atoms with Gasteiger partial charge in [-0.2, -0.15) is 4.31 Å². The molecule has 3 aromatic carbocycles. The fourth-order valence-electron chi connectivity index (χ4n) is 4.88. The van der Waals surface area contributed by atoms with Crippen LogP contribution in [-0.4, -0.2) is 74.4 Å². The van der Waals surface area contributed by atoms with E-state index < -0.39 is 46.1 Å². The van der Waals surface area contributed by atoms with Gasteiger partial charge < -0.3 is 30.9 Å². The molecule has 3 atom stereocenters. The maximum atomic E-state index is 13.8. The van der Waals surface area contributed by atoms with Gasteiger partial charge in [0.05, 0.1) is 41.6 Å². The second kappa shape index (κ2) is 15.3. The summed E-state index contributed by atoms with van der Waals surface area (Å²) >= 11 is 0. The number of aliphatic hydroxyl groups is 1. The number of carbonyl (C=O) groups excluding carboxylic acids is 2. The number of sulfonamides is 1. The first kappa shape index (κ1) is 33.8. The van der Waals surface area contributed by atoms with Crippen molar-refractivity contribution in [1.29, 1.82) is 0 Å². The Kier molecular flexibility index (Phi) is 11.5. The zero-order valence-electron chi connectivity index (χ0n) is 25.2. The molecule has 11 nitrogen and oxygen atoms in total. The maximum absolute atomic E-state index is 13.8. The van der Waals surface area contributed by atoms with Gasteiger partial charge in [-0.05, 0) is 60.4 Å². The minimum absolute atomic E-state index is 0.0475. The molecule has 0 spiro atoms. The van der Waals surface area contributed by atoms with Crippen molar-refractivity contribution in [3.8, 4) is 0 Å². The second-order valence-electron chi connectivity index (χ2n) is 11.3. The van der Waals surface area contributed by atoms with Crippen molar-refractivity contribution in [3.63, 3.8) is 0 Å². The van der Waals surface area contributed by atoms with Crippen LogP contribution in [0.1, 0.15) is 36.2 Å². The van der Waals surface area contributed by atoms with Crippen LogP contribution in [0.4, 0.5) is 20.6 Å². The summed E-state index contributed by atoms with van der Waals surface area (Å²) in [6.07, 6.45) is -1.61. The maximum Gasteiger partial charge on any atom is 0.407 e. The zero-order chi connectivity index (χ0) is 32.6. The summed E-state index contributed by atoms with van der Waals surface area (Å²) in [5.41, 5.74) is 7.03. The molecule has 0 aliphatic carbocycles. The molecule has 0 bridgehead atoms. The lowest BCUT2D eigenvalue weighted by Gasteiger charge is -2.30. The van der Waals surface area contributed by atoms with Gasteiger partial charge in [0.25, 0.3) is 5.91 Å². The predicted molar refractivity (Wildman–Crippen MR) is 168 cm³/mol. The van der Waals surface area contributed by atoms with Gasteiger partial charge in [-0.3, -0.25) is 4.79 Å². The highest BCUT2D eigenvalue weighted by atomic mass is 32.2. The van der Waals surface area contributed by atoms with E-state index in [1.165, 1.54) is 34.6 Å². The third kappa shape index (κ3) is 9.47. The standard InChI is InChI=1S/C32H39FN4O7S/c1-21(2)18-37(19-30(38)29(16-22-6-4-3-5-7-22)36-32(40)44-25-14-15-43-20-25)45(41,42)26-11-8-23(9-12-26)31(39)35-28-13-10-24(33)17-27(28)34/h3-13,17,21,25,29-30,38H,14-16,18-20,34H2,1-2H3,(H,35,39)(H,36,40)/t25-,29-,30?/m0/s1. The monoisotopic (exact) mass is 642 g/mol. The Morgan fingerprint density at radius 3 is 2.42 bits per heavy atom. The molecule has 242 valence electrons. The van der Waals surface area contributed by atoms with Crippen molar-refractivity contribution in [2.24, 2.45) is 5.92 Å². The number of nitrogens with one attached hydrogen (secondary N) is 2. The molecule has 4 rings (SSSR count). The van der Waals surface area contributed by atoms with Crippen molar-refractivity contribution in [1.82, 2.24) is 9.62 Å². The topological polar surface area (TPSA) is 160 Å². The number of carbonyl (C=O) groups is 2. The molecule has 5 N–H and O–H groups in total. The van der Waals surface area contributed by atoms with Gasteiger partial charge in [0, 0.05) is 25.1 Å². The number of amides is 2. The van der Waals surface area contributed by atoms with Gasteiger partial charge in [0.15, 0.2) is 0 Å². The minimum Gasteiger partial charge on any atom is -0.444 e. The average molecular weight is 643 g/mol. The quantitative estimate of drug-likeness (QED) is 0.205. The molecular weight excluding hydrogens is 603 g/mol. The number of hydrogen-bond donors (Lipinski definition) is 4. The van der Waals surface area contributed by atoms with Gasteiger partial charge in [-0.25, -0.2) is 17.6 Å². The van der Waals surface area contributed by atoms with E-state index in [2.05, 4.69) is 10.6 Å². The number of alkyl carbamates (subject to hydrolysis) is 1. The first-order chi connectivity index (χ1) is 21.4. The summed E-state index contributed by atoms with van der Waals surface area (Å²) in [6.45, 7) is 4.27. The second-order valence-corrected chi connectivity index (χ2v) is 13.3. The van der Waals surface area contributed by atoms with Crippen molar-refractivity contribution in [2.75, 3.05) is 37.4 Å². The van der Waals surface area contributed by atoms with Gasteiger partial charge in [-0.1, -0.05) is 44.2 Å². The summed E-state index contributed by atoms with van der Waals surface area (Å²) in [7, 11) is -4.14. The van der Waals surface area contributed by atoms with E-state index in [0.717, 1.165) is 17.7 Å². The van der Waals surface area contributed by atoms with Crippen LogP contribution in [0.15, 0.2) is 77.7 Å². The molecule has 1 fully saturated rings. The first-order valence-corrected chi connectivity index (χ1v) is 16.1. The van der Waals surface area contributed by atoms with Crippen LogP contribution >= 0.6 is 0 Å². The third-order valence-corrected chi connectivity index (χ3v) is 9.05. The predicted octanol–water partition coefficient (Wildman–Crippen LogP) is 3.79. The third-order valence-electron chi connectivity index (χ3n) is 7.20. The summed E-state index contributed by atoms with van der Waals surface area (Å²) in [4.78, 5) is 25.4. The van der Waals surface area contributed by atoms with Crippen molar-refractivity contribution in [2.45, 2.75) is 49.8 Å². The van der Waals surface area contributed by atoms with Gasteiger partial charge >= 0.3 is 6.09 Å². The number of nitrogens with two attached hydrogens (primary N) is 1. The van der Waals surface area contributed by atoms with E-state index in [4.69, 9.17) is 15.2 Å². The number of rotatable bonds is 13. The summed E-state index contributed by atoms with van der Waals surface area (Å²) < 4.78 is 52.9. The smallest absolute Gasteiger partial charge is 0.407 e. The average Bonchev–Trinajstić information content (AvgIpc) is 3.51. The lowest BCUT2D eigenvalue weighted by molar-refractivity contribution is 0.0644. The molecule has 0 radical (unpaired) electrons. The SMILES string of the molecule is CC(C)CN(CC(O)[C@H](Cc1ccccc1)NC(=O)O[C@H]1CCOC1)S(=O)(=O)c1ccc(C(=O)Nc2ccc(F)cc2N)cc1. The Morgan fingerprint density at radius 2 is 1.80 bits per heavy atom. The lowest BCUT2D eigenvalue weighted by atomic mass is 10.0. The van der Waals surface area contributed by atoms with Crippen LogP contribution in [0.25, 0.3) is 0 Å². The number of halogens is 1. The first-order valence-electron chi connectivity index (χ1n) is 14.7. The van der Waals surface area contributed by atoms with Gasteiger partial charge in [0.1, 0.15) is 11.9 Å². The molecule has 1 aliphatic rings. The molecule has 2 amide bonds. The number of anilines is 2. The van der Waals surface area contributed by atoms with E-state index in [0.29, 0.717) is 19.6 Å². The van der Waals surface area contributed by atoms with Crippen molar-refractivity contribution in [3.05, 3.63) is 89.7 Å². The molecule has 3 aromatic rings. The minimum atomic E-state index is -4.14. The fourth-order valence-corrected chi connectivity index (χ4v) is 6.50. The molecule has 1 aliphatic heterocycles. The summed E-state index contributed by atoms with van der Waals surface area (Å²) in [5.74, 6) is -1.19. The number of ether oxygens (including phenoxy) is 2. The number of aliphatic hydroxyl groups excluding tert-OH is 1. The highest BCUT2D eigenvalue weighted by Gasteiger charge is 2.32. The number of benzene rings is 3. The van der Waals surface area contributed by atoms with Crippen LogP contribution in [0.3, 0.4) is 0 Å². The molecule has 1 unspecified atom stereocenters. The largest absolute Gasteiger partial charge is 0.444 e.